The summed E-state index contributed by atoms with van der Waals surface area (Å²) in [4.78, 5) is 31.4. The lowest BCUT2D eigenvalue weighted by Gasteiger charge is -2.20. The summed E-state index contributed by atoms with van der Waals surface area (Å²) >= 11 is 0. The van der Waals surface area contributed by atoms with Crippen LogP contribution in [0.2, 0.25) is 0 Å². The molecule has 1 saturated carbocycles. The highest BCUT2D eigenvalue weighted by molar-refractivity contribution is 5.54. The first-order valence-electron chi connectivity index (χ1n) is 8.42. The third-order valence-corrected chi connectivity index (χ3v) is 5.08. The molecule has 0 unspecified atom stereocenters. The van der Waals surface area contributed by atoms with Crippen molar-refractivity contribution in [2.24, 2.45) is 0 Å². The van der Waals surface area contributed by atoms with E-state index < -0.39 is 0 Å². The topological polar surface area (TPSA) is 74.8 Å². The van der Waals surface area contributed by atoms with Gasteiger partial charge in [-0.3, -0.25) is 4.79 Å². The van der Waals surface area contributed by atoms with Crippen LogP contribution in [0.25, 0.3) is 0 Å². The summed E-state index contributed by atoms with van der Waals surface area (Å²) in [5.41, 5.74) is 4.18. The van der Waals surface area contributed by atoms with Crippen LogP contribution in [-0.2, 0) is 25.9 Å². The van der Waals surface area contributed by atoms with E-state index in [9.17, 15) is 4.79 Å². The Morgan fingerprint density at radius 3 is 2.74 bits per heavy atom. The molecule has 0 saturated heterocycles. The number of nitrogens with zero attached hydrogens (tertiary/aromatic N) is 4. The maximum absolute atomic E-state index is 12.2. The molecule has 0 spiro atoms. The minimum Gasteiger partial charge on any atom is -0.346 e. The predicted molar refractivity (Wildman–Crippen MR) is 85.5 cm³/mol. The molecule has 1 N–H and O–H groups in total. The second kappa shape index (κ2) is 4.63. The molecule has 0 bridgehead atoms. The van der Waals surface area contributed by atoms with Crippen molar-refractivity contribution < 1.29 is 0 Å². The molecule has 2 aromatic heterocycles. The summed E-state index contributed by atoms with van der Waals surface area (Å²) in [6.45, 7) is 3.11. The van der Waals surface area contributed by atoms with E-state index in [0.29, 0.717) is 24.8 Å². The zero-order chi connectivity index (χ0) is 15.6. The van der Waals surface area contributed by atoms with Crippen molar-refractivity contribution in [3.8, 4) is 0 Å². The maximum atomic E-state index is 12.2. The van der Waals surface area contributed by atoms with E-state index in [1.807, 2.05) is 6.92 Å². The van der Waals surface area contributed by atoms with Gasteiger partial charge in [-0.15, -0.1) is 0 Å². The Kier molecular flexibility index (Phi) is 2.66. The molecule has 1 aliphatic heterocycles. The van der Waals surface area contributed by atoms with Crippen LogP contribution in [0.3, 0.4) is 0 Å². The van der Waals surface area contributed by atoms with Crippen LogP contribution in [-0.4, -0.2) is 19.9 Å². The van der Waals surface area contributed by atoms with Gasteiger partial charge in [-0.1, -0.05) is 0 Å². The van der Waals surface area contributed by atoms with Crippen molar-refractivity contribution in [2.45, 2.75) is 58.0 Å². The summed E-state index contributed by atoms with van der Waals surface area (Å²) in [6.07, 6.45) is 5.68. The largest absolute Gasteiger partial charge is 0.346 e. The average Bonchev–Trinajstić information content (AvgIpc) is 3.11. The van der Waals surface area contributed by atoms with Crippen molar-refractivity contribution >= 4 is 5.82 Å². The summed E-state index contributed by atoms with van der Waals surface area (Å²) in [7, 11) is 0. The predicted octanol–water partition coefficient (Wildman–Crippen LogP) is 1.75. The first kappa shape index (κ1) is 13.2. The SMILES string of the molecule is Cc1nc2c(c(=O)[nH]1)CN(c1nc(C3CC3)nc3c1CCC3)C2. The van der Waals surface area contributed by atoms with Crippen LogP contribution in [0, 0.1) is 6.92 Å². The molecule has 5 rings (SSSR count). The molecule has 3 heterocycles. The Morgan fingerprint density at radius 2 is 1.91 bits per heavy atom. The highest BCUT2D eigenvalue weighted by Gasteiger charge is 2.33. The molecule has 1 fully saturated rings. The lowest BCUT2D eigenvalue weighted by molar-refractivity contribution is 0.803. The molecule has 23 heavy (non-hydrogen) atoms. The molecule has 2 aromatic rings. The van der Waals surface area contributed by atoms with Crippen LogP contribution in [0.5, 0.6) is 0 Å². The Morgan fingerprint density at radius 1 is 1.04 bits per heavy atom. The van der Waals surface area contributed by atoms with Crippen LogP contribution in [0.15, 0.2) is 4.79 Å². The van der Waals surface area contributed by atoms with Gasteiger partial charge in [0, 0.05) is 17.2 Å². The van der Waals surface area contributed by atoms with Crippen molar-refractivity contribution in [3.05, 3.63) is 44.5 Å². The lowest BCUT2D eigenvalue weighted by Crippen LogP contribution is -2.21. The average molecular weight is 309 g/mol. The minimum atomic E-state index is -0.0110. The fourth-order valence-electron chi connectivity index (χ4n) is 3.76. The van der Waals surface area contributed by atoms with Gasteiger partial charge in [0.05, 0.1) is 24.3 Å². The van der Waals surface area contributed by atoms with Crippen molar-refractivity contribution in [1.29, 1.82) is 0 Å². The molecule has 0 amide bonds. The summed E-state index contributed by atoms with van der Waals surface area (Å²) in [5, 5.41) is 0. The third kappa shape index (κ3) is 2.08. The third-order valence-electron chi connectivity index (χ3n) is 5.08. The Labute approximate surface area is 134 Å². The normalized spacial score (nSPS) is 19.1. The van der Waals surface area contributed by atoms with E-state index in [1.165, 1.54) is 24.1 Å². The van der Waals surface area contributed by atoms with E-state index in [4.69, 9.17) is 9.97 Å². The summed E-state index contributed by atoms with van der Waals surface area (Å²) in [5.74, 6) is 3.29. The number of aromatic nitrogens is 4. The number of hydrogen-bond donors (Lipinski definition) is 1. The number of anilines is 1. The van der Waals surface area contributed by atoms with Crippen LogP contribution in [0.4, 0.5) is 5.82 Å². The fourth-order valence-corrected chi connectivity index (χ4v) is 3.76. The first-order chi connectivity index (χ1) is 11.2. The molecule has 0 radical (unpaired) electrons. The molecule has 6 heteroatoms. The summed E-state index contributed by atoms with van der Waals surface area (Å²) < 4.78 is 0. The molecule has 0 aromatic carbocycles. The highest BCUT2D eigenvalue weighted by atomic mass is 16.1. The van der Waals surface area contributed by atoms with Gasteiger partial charge in [0.2, 0.25) is 0 Å². The van der Waals surface area contributed by atoms with E-state index >= 15 is 0 Å². The number of fused-ring (bicyclic) bond motifs is 2. The first-order valence-corrected chi connectivity index (χ1v) is 8.42. The maximum Gasteiger partial charge on any atom is 0.256 e. The quantitative estimate of drug-likeness (QED) is 0.915. The molecular weight excluding hydrogens is 290 g/mol. The standard InChI is InChI=1S/C17H19N5O/c1-9-18-14-8-22(7-12(14)17(23)19-9)16-11-3-2-4-13(11)20-15(21-16)10-5-6-10/h10H,2-8H2,1H3,(H,18,19,23). The van der Waals surface area contributed by atoms with Crippen LogP contribution in [0.1, 0.15) is 59.3 Å². The Bertz CT molecular complexity index is 868. The van der Waals surface area contributed by atoms with E-state index in [-0.39, 0.29) is 5.56 Å². The number of nitrogens with one attached hydrogen (secondary N) is 1. The zero-order valence-corrected chi connectivity index (χ0v) is 13.2. The van der Waals surface area contributed by atoms with E-state index in [1.54, 1.807) is 0 Å². The molecule has 0 atom stereocenters. The van der Waals surface area contributed by atoms with Crippen molar-refractivity contribution in [1.82, 2.24) is 19.9 Å². The molecular formula is C17H19N5O. The van der Waals surface area contributed by atoms with Gasteiger partial charge >= 0.3 is 0 Å². The number of aryl methyl sites for hydroxylation is 2. The van der Waals surface area contributed by atoms with Gasteiger partial charge in [0.25, 0.3) is 5.56 Å². The zero-order valence-electron chi connectivity index (χ0n) is 13.2. The van der Waals surface area contributed by atoms with Gasteiger partial charge < -0.3 is 9.88 Å². The summed E-state index contributed by atoms with van der Waals surface area (Å²) in [6, 6.07) is 0. The second-order valence-electron chi connectivity index (χ2n) is 6.89. The Balaban J connectivity index is 1.58. The number of rotatable bonds is 2. The smallest absolute Gasteiger partial charge is 0.256 e. The number of hydrogen-bond acceptors (Lipinski definition) is 5. The van der Waals surface area contributed by atoms with Crippen molar-refractivity contribution in [3.63, 3.8) is 0 Å². The van der Waals surface area contributed by atoms with Gasteiger partial charge in [-0.05, 0) is 39.0 Å². The van der Waals surface area contributed by atoms with Gasteiger partial charge in [-0.2, -0.15) is 0 Å². The van der Waals surface area contributed by atoms with Crippen molar-refractivity contribution in [2.75, 3.05) is 4.90 Å². The minimum absolute atomic E-state index is 0.0110. The van der Waals surface area contributed by atoms with E-state index in [0.717, 1.165) is 42.2 Å². The van der Waals surface area contributed by atoms with Crippen LogP contribution >= 0.6 is 0 Å². The van der Waals surface area contributed by atoms with E-state index in [2.05, 4.69) is 14.9 Å². The number of aromatic amines is 1. The highest BCUT2D eigenvalue weighted by Crippen LogP contribution is 2.41. The lowest BCUT2D eigenvalue weighted by atomic mass is 10.2. The molecule has 6 nitrogen and oxygen atoms in total. The molecule has 3 aliphatic rings. The van der Waals surface area contributed by atoms with Gasteiger partial charge in [0.1, 0.15) is 17.5 Å². The molecule has 2 aliphatic carbocycles. The Hall–Kier alpha value is -2.24. The fraction of sp³-hybridized carbons (Fsp3) is 0.529. The second-order valence-corrected chi connectivity index (χ2v) is 6.89. The van der Waals surface area contributed by atoms with Crippen LogP contribution < -0.4 is 10.5 Å². The number of H-pyrrole nitrogens is 1. The molecule has 118 valence electrons. The van der Waals surface area contributed by atoms with Gasteiger partial charge in [-0.25, -0.2) is 15.0 Å². The monoisotopic (exact) mass is 309 g/mol. The van der Waals surface area contributed by atoms with Gasteiger partial charge in [0.15, 0.2) is 0 Å².